The van der Waals surface area contributed by atoms with Gasteiger partial charge in [0.1, 0.15) is 5.78 Å². The molecule has 0 bridgehead atoms. The van der Waals surface area contributed by atoms with Crippen molar-refractivity contribution in [1.82, 2.24) is 0 Å². The van der Waals surface area contributed by atoms with E-state index in [0.29, 0.717) is 0 Å². The molecule has 0 atom stereocenters. The molecule has 0 aliphatic rings. The summed E-state index contributed by atoms with van der Waals surface area (Å²) >= 11 is 0. The van der Waals surface area contributed by atoms with Crippen LogP contribution in [-0.4, -0.2) is 60.8 Å². The summed E-state index contributed by atoms with van der Waals surface area (Å²) in [7, 11) is 0. The van der Waals surface area contributed by atoms with E-state index in [4.69, 9.17) is 30.3 Å². The molecule has 21 heavy (non-hydrogen) atoms. The van der Waals surface area contributed by atoms with Crippen LogP contribution >= 0.6 is 0 Å². The Bertz CT molecular complexity index is 362. The van der Waals surface area contributed by atoms with Crippen molar-refractivity contribution in [2.75, 3.05) is 0 Å². The van der Waals surface area contributed by atoms with Crippen molar-refractivity contribution in [3.05, 3.63) is 0 Å². The summed E-state index contributed by atoms with van der Waals surface area (Å²) in [6.07, 6.45) is -2.29. The van der Waals surface area contributed by atoms with E-state index >= 15 is 0 Å². The van der Waals surface area contributed by atoms with Gasteiger partial charge < -0.3 is 30.3 Å². The third-order valence-electron chi connectivity index (χ3n) is 1.29. The number of carbonyl (C=O) groups is 5. The molecule has 10 heteroatoms. The molecule has 0 aromatic heterocycles. The molecule has 0 aromatic rings. The van der Waals surface area contributed by atoms with Gasteiger partial charge in [0, 0.05) is 6.92 Å². The zero-order valence-electron chi connectivity index (χ0n) is 11.7. The first-order chi connectivity index (χ1) is 9.24. The van der Waals surface area contributed by atoms with Crippen LogP contribution in [0, 0.1) is 0 Å². The maximum Gasteiger partial charge on any atom is 0.336 e. The fraction of sp³-hybridized carbons (Fsp3) is 0.545. The first kappa shape index (κ1) is 23.6. The molecule has 0 saturated heterocycles. The first-order valence-electron chi connectivity index (χ1n) is 5.30. The van der Waals surface area contributed by atoms with E-state index in [0.717, 1.165) is 6.92 Å². The van der Waals surface area contributed by atoms with Gasteiger partial charge in [-0.15, -0.1) is 0 Å². The van der Waals surface area contributed by atoms with Gasteiger partial charge >= 0.3 is 17.9 Å². The lowest BCUT2D eigenvalue weighted by Gasteiger charge is -2.18. The number of carboxylic acids is 4. The molecule has 0 unspecified atom stereocenters. The average Bonchev–Trinajstić information content (AvgIpc) is 2.11. The second-order valence-corrected chi connectivity index (χ2v) is 3.91. The lowest BCUT2D eigenvalue weighted by Crippen LogP contribution is -2.42. The summed E-state index contributed by atoms with van der Waals surface area (Å²) in [4.78, 5) is 48.9. The molecule has 0 saturated carbocycles. The molecule has 122 valence electrons. The molecule has 0 fully saturated rings. The van der Waals surface area contributed by atoms with Gasteiger partial charge in [-0.3, -0.25) is 14.4 Å². The van der Waals surface area contributed by atoms with E-state index in [-0.39, 0.29) is 5.78 Å². The van der Waals surface area contributed by atoms with E-state index < -0.39 is 42.3 Å². The molecule has 0 rings (SSSR count). The van der Waals surface area contributed by atoms with Crippen LogP contribution in [0.15, 0.2) is 0 Å². The van der Waals surface area contributed by atoms with Crippen molar-refractivity contribution in [2.45, 2.75) is 39.2 Å². The fourth-order valence-corrected chi connectivity index (χ4v) is 0.714. The molecule has 0 aromatic carbocycles. The number of aliphatic carboxylic acids is 4. The summed E-state index contributed by atoms with van der Waals surface area (Å²) in [5.41, 5.74) is -2.74. The first-order valence-corrected chi connectivity index (χ1v) is 5.30. The predicted molar refractivity (Wildman–Crippen MR) is 66.8 cm³/mol. The maximum atomic E-state index is 10.3. The smallest absolute Gasteiger partial charge is 0.336 e. The van der Waals surface area contributed by atoms with Crippen molar-refractivity contribution in [2.24, 2.45) is 0 Å². The number of hydrogen-bond acceptors (Lipinski definition) is 6. The summed E-state index contributed by atoms with van der Waals surface area (Å²) in [5.74, 6) is -5.69. The van der Waals surface area contributed by atoms with Gasteiger partial charge in [0.25, 0.3) is 5.97 Å². The van der Waals surface area contributed by atoms with Gasteiger partial charge in [0.05, 0.1) is 12.8 Å². The van der Waals surface area contributed by atoms with E-state index in [1.165, 1.54) is 13.8 Å². The van der Waals surface area contributed by atoms with Gasteiger partial charge in [-0.1, -0.05) is 0 Å². The molecule has 5 N–H and O–H groups in total. The molecule has 0 aliphatic heterocycles. The van der Waals surface area contributed by atoms with Crippen LogP contribution in [0.1, 0.15) is 33.6 Å². The molecular weight excluding hydrogens is 292 g/mol. The lowest BCUT2D eigenvalue weighted by atomic mass is 9.96. The molecule has 0 spiro atoms. The Morgan fingerprint density at radius 2 is 0.952 bits per heavy atom. The van der Waals surface area contributed by atoms with Crippen molar-refractivity contribution < 1.29 is 49.5 Å². The Kier molecular flexibility index (Phi) is 12.7. The Morgan fingerprint density at radius 3 is 1.05 bits per heavy atom. The highest BCUT2D eigenvalue weighted by molar-refractivity contribution is 5.88. The number of rotatable bonds is 5. The maximum absolute atomic E-state index is 10.3. The quantitative estimate of drug-likeness (QED) is 0.440. The SMILES string of the molecule is CC(=O)O.CC(C)=O.O=C(O)CC(O)(CC(=O)O)C(=O)O. The highest BCUT2D eigenvalue weighted by Gasteiger charge is 2.40. The largest absolute Gasteiger partial charge is 0.481 e. The van der Waals surface area contributed by atoms with Crippen LogP contribution < -0.4 is 0 Å². The summed E-state index contributed by atoms with van der Waals surface area (Å²) < 4.78 is 0. The number of hydrogen-bond donors (Lipinski definition) is 5. The van der Waals surface area contributed by atoms with Crippen molar-refractivity contribution in [3.63, 3.8) is 0 Å². The van der Waals surface area contributed by atoms with Crippen LogP contribution in [0.2, 0.25) is 0 Å². The van der Waals surface area contributed by atoms with Crippen molar-refractivity contribution >= 4 is 29.7 Å². The number of carboxylic acid groups (broad SMARTS) is 4. The fourth-order valence-electron chi connectivity index (χ4n) is 0.714. The van der Waals surface area contributed by atoms with Crippen molar-refractivity contribution in [1.29, 1.82) is 0 Å². The van der Waals surface area contributed by atoms with Crippen LogP contribution in [0.3, 0.4) is 0 Å². The minimum atomic E-state index is -2.74. The Labute approximate surface area is 119 Å². The zero-order valence-corrected chi connectivity index (χ0v) is 11.7. The Morgan fingerprint density at radius 1 is 0.762 bits per heavy atom. The van der Waals surface area contributed by atoms with Crippen LogP contribution in [0.5, 0.6) is 0 Å². The van der Waals surface area contributed by atoms with Crippen LogP contribution in [0.4, 0.5) is 0 Å². The number of aliphatic hydroxyl groups is 1. The molecule has 10 nitrogen and oxygen atoms in total. The number of carbonyl (C=O) groups excluding carboxylic acids is 1. The molecule has 0 heterocycles. The summed E-state index contributed by atoms with van der Waals surface area (Å²) in [5, 5.41) is 41.2. The summed E-state index contributed by atoms with van der Waals surface area (Å²) in [6, 6.07) is 0. The minimum absolute atomic E-state index is 0.167. The third kappa shape index (κ3) is 23.1. The van der Waals surface area contributed by atoms with Gasteiger partial charge in [-0.25, -0.2) is 4.79 Å². The second-order valence-electron chi connectivity index (χ2n) is 3.91. The highest BCUT2D eigenvalue weighted by atomic mass is 16.4. The Balaban J connectivity index is -0.000000334. The van der Waals surface area contributed by atoms with Gasteiger partial charge in [-0.05, 0) is 13.8 Å². The average molecular weight is 310 g/mol. The van der Waals surface area contributed by atoms with Crippen LogP contribution in [-0.2, 0) is 24.0 Å². The van der Waals surface area contributed by atoms with E-state index in [1.807, 2.05) is 0 Å². The molecule has 0 radical (unpaired) electrons. The lowest BCUT2D eigenvalue weighted by molar-refractivity contribution is -0.170. The third-order valence-corrected chi connectivity index (χ3v) is 1.29. The molecule has 0 aliphatic carbocycles. The van der Waals surface area contributed by atoms with Gasteiger partial charge in [0.15, 0.2) is 5.60 Å². The van der Waals surface area contributed by atoms with Gasteiger partial charge in [0.2, 0.25) is 0 Å². The molecule has 0 amide bonds. The predicted octanol–water partition coefficient (Wildman–Crippen LogP) is -0.562. The monoisotopic (exact) mass is 310 g/mol. The standard InChI is InChI=1S/C6H8O7.C3H6O.C2H4O2/c7-3(8)1-6(13,5(11)12)2-4(9)10;1-3(2)4;1-2(3)4/h13H,1-2H2,(H,7,8)(H,9,10)(H,11,12);1-2H3;1H3,(H,3,4). The zero-order chi connectivity index (χ0) is 17.8. The van der Waals surface area contributed by atoms with Crippen molar-refractivity contribution in [3.8, 4) is 0 Å². The normalized spacial score (nSPS) is 9.14. The highest BCUT2D eigenvalue weighted by Crippen LogP contribution is 2.15. The summed E-state index contributed by atoms with van der Waals surface area (Å²) in [6.45, 7) is 4.14. The van der Waals surface area contributed by atoms with E-state index in [9.17, 15) is 19.2 Å². The Hall–Kier alpha value is -2.49. The molecular formula is C11H18O10. The van der Waals surface area contributed by atoms with E-state index in [1.54, 1.807) is 0 Å². The number of ketones is 1. The minimum Gasteiger partial charge on any atom is -0.481 e. The topological polar surface area (TPSA) is 186 Å². The van der Waals surface area contributed by atoms with Crippen LogP contribution in [0.25, 0.3) is 0 Å². The second kappa shape index (κ2) is 11.3. The van der Waals surface area contributed by atoms with Gasteiger partial charge in [-0.2, -0.15) is 0 Å². The van der Waals surface area contributed by atoms with E-state index in [2.05, 4.69) is 0 Å². The number of Topliss-reactive ketones (excluding diaryl/α,β-unsaturated/α-hetero) is 1.